The third-order valence-corrected chi connectivity index (χ3v) is 3.36. The molecular weight excluding hydrogens is 255 g/mol. The predicted octanol–water partition coefficient (Wildman–Crippen LogP) is 3.21. The molecule has 0 saturated carbocycles. The van der Waals surface area contributed by atoms with E-state index in [-0.39, 0.29) is 0 Å². The van der Waals surface area contributed by atoms with Crippen LogP contribution in [0.2, 0.25) is 0 Å². The van der Waals surface area contributed by atoms with E-state index in [9.17, 15) is 4.79 Å². The molecular formula is C16H17O2P. The van der Waals surface area contributed by atoms with E-state index in [0.29, 0.717) is 13.0 Å². The van der Waals surface area contributed by atoms with Crippen molar-refractivity contribution in [2.24, 2.45) is 0 Å². The lowest BCUT2D eigenvalue weighted by Gasteiger charge is -2.08. The van der Waals surface area contributed by atoms with Crippen molar-refractivity contribution in [2.45, 2.75) is 12.8 Å². The summed E-state index contributed by atoms with van der Waals surface area (Å²) in [6, 6.07) is 16.3. The van der Waals surface area contributed by atoms with Gasteiger partial charge in [-0.3, -0.25) is 0 Å². The van der Waals surface area contributed by atoms with E-state index in [1.807, 2.05) is 24.3 Å². The number of hydrogen-bond donors (Lipinski definition) is 0. The fraction of sp³-hybridized carbons (Fsp3) is 0.188. The van der Waals surface area contributed by atoms with Crippen molar-refractivity contribution < 1.29 is 9.53 Å². The molecule has 0 aliphatic carbocycles. The van der Waals surface area contributed by atoms with E-state index in [4.69, 9.17) is 4.74 Å². The number of carbonyl (C=O) groups excluding carboxylic acids is 1. The number of carbonyl (C=O) groups is 1. The van der Waals surface area contributed by atoms with Crippen molar-refractivity contribution >= 4 is 20.8 Å². The van der Waals surface area contributed by atoms with Gasteiger partial charge in [-0.1, -0.05) is 36.4 Å². The largest absolute Gasteiger partial charge is 0.494 e. The zero-order valence-corrected chi connectivity index (χ0v) is 11.9. The molecule has 0 amide bonds. The lowest BCUT2D eigenvalue weighted by molar-refractivity contribution is -0.108. The van der Waals surface area contributed by atoms with E-state index in [1.54, 1.807) is 0 Å². The maximum atomic E-state index is 10.2. The summed E-state index contributed by atoms with van der Waals surface area (Å²) in [4.78, 5) is 10.2. The van der Waals surface area contributed by atoms with Gasteiger partial charge in [0.1, 0.15) is 12.0 Å². The molecule has 0 spiro atoms. The van der Waals surface area contributed by atoms with Crippen LogP contribution in [0.25, 0.3) is 11.1 Å². The smallest absolute Gasteiger partial charge is 0.120 e. The van der Waals surface area contributed by atoms with E-state index < -0.39 is 0 Å². The molecule has 2 aromatic carbocycles. The van der Waals surface area contributed by atoms with Crippen LogP contribution < -0.4 is 10.0 Å². The molecule has 98 valence electrons. The Morgan fingerprint density at radius 3 is 2.47 bits per heavy atom. The minimum atomic E-state index is 0.554. The van der Waals surface area contributed by atoms with Gasteiger partial charge in [0.2, 0.25) is 0 Å². The molecule has 3 heteroatoms. The maximum Gasteiger partial charge on any atom is 0.120 e. The molecule has 0 aromatic heterocycles. The Bertz CT molecular complexity index is 535. The second-order valence-corrected chi connectivity index (χ2v) is 4.89. The maximum absolute atomic E-state index is 10.2. The molecule has 1 unspecified atom stereocenters. The molecule has 2 rings (SSSR count). The molecule has 0 heterocycles. The summed E-state index contributed by atoms with van der Waals surface area (Å²) in [5, 5.41) is 1.18. The number of aldehydes is 1. The Kier molecular flexibility index (Phi) is 5.11. The van der Waals surface area contributed by atoms with Gasteiger partial charge in [-0.05, 0) is 35.0 Å². The minimum Gasteiger partial charge on any atom is -0.494 e. The fourth-order valence-electron chi connectivity index (χ4n) is 1.85. The molecule has 1 atom stereocenters. The quantitative estimate of drug-likeness (QED) is 0.458. The van der Waals surface area contributed by atoms with Crippen LogP contribution in [0, 0.1) is 0 Å². The minimum absolute atomic E-state index is 0.554. The van der Waals surface area contributed by atoms with Crippen LogP contribution in [0.3, 0.4) is 0 Å². The van der Waals surface area contributed by atoms with Crippen LogP contribution in [0.5, 0.6) is 5.75 Å². The van der Waals surface area contributed by atoms with Crippen molar-refractivity contribution in [3.8, 4) is 16.9 Å². The van der Waals surface area contributed by atoms with Gasteiger partial charge >= 0.3 is 0 Å². The average molecular weight is 272 g/mol. The van der Waals surface area contributed by atoms with Gasteiger partial charge in [-0.25, -0.2) is 0 Å². The van der Waals surface area contributed by atoms with E-state index in [1.165, 1.54) is 16.4 Å². The monoisotopic (exact) mass is 272 g/mol. The summed E-state index contributed by atoms with van der Waals surface area (Å²) >= 11 is 0. The highest BCUT2D eigenvalue weighted by Crippen LogP contribution is 2.22. The fourth-order valence-corrected chi connectivity index (χ4v) is 2.22. The van der Waals surface area contributed by atoms with Crippen LogP contribution in [0.1, 0.15) is 12.8 Å². The van der Waals surface area contributed by atoms with Crippen molar-refractivity contribution in [3.05, 3.63) is 48.5 Å². The first-order valence-electron chi connectivity index (χ1n) is 6.32. The van der Waals surface area contributed by atoms with Crippen LogP contribution >= 0.6 is 9.24 Å². The van der Waals surface area contributed by atoms with E-state index in [0.717, 1.165) is 18.5 Å². The van der Waals surface area contributed by atoms with Crippen LogP contribution in [0.15, 0.2) is 48.5 Å². The van der Waals surface area contributed by atoms with Gasteiger partial charge in [-0.2, -0.15) is 0 Å². The Hall–Kier alpha value is -1.66. The number of benzene rings is 2. The molecule has 19 heavy (non-hydrogen) atoms. The second kappa shape index (κ2) is 7.06. The third-order valence-electron chi connectivity index (χ3n) is 2.86. The third kappa shape index (κ3) is 3.90. The van der Waals surface area contributed by atoms with Crippen molar-refractivity contribution in [3.63, 3.8) is 0 Å². The van der Waals surface area contributed by atoms with Gasteiger partial charge in [0.15, 0.2) is 0 Å². The first-order valence-corrected chi connectivity index (χ1v) is 6.90. The molecule has 0 aliphatic rings. The van der Waals surface area contributed by atoms with Crippen LogP contribution in [0.4, 0.5) is 0 Å². The predicted molar refractivity (Wildman–Crippen MR) is 82.0 cm³/mol. The van der Waals surface area contributed by atoms with Gasteiger partial charge in [-0.15, -0.1) is 9.24 Å². The highest BCUT2D eigenvalue weighted by Gasteiger charge is 2.01. The summed E-state index contributed by atoms with van der Waals surface area (Å²) in [5.41, 5.74) is 2.38. The number of rotatable bonds is 6. The molecule has 2 aromatic rings. The number of unbranched alkanes of at least 4 members (excludes halogenated alkanes) is 1. The summed E-state index contributed by atoms with van der Waals surface area (Å²) in [5.74, 6) is 0.843. The zero-order chi connectivity index (χ0) is 13.5. The lowest BCUT2D eigenvalue weighted by Crippen LogP contribution is -1.98. The lowest BCUT2D eigenvalue weighted by atomic mass is 10.1. The zero-order valence-electron chi connectivity index (χ0n) is 10.7. The van der Waals surface area contributed by atoms with Crippen molar-refractivity contribution in [1.82, 2.24) is 0 Å². The normalized spacial score (nSPS) is 10.2. The summed E-state index contributed by atoms with van der Waals surface area (Å²) in [6.07, 6.45) is 2.24. The molecule has 0 N–H and O–H groups in total. The summed E-state index contributed by atoms with van der Waals surface area (Å²) in [6.45, 7) is 0.582. The molecule has 0 bridgehead atoms. The van der Waals surface area contributed by atoms with Gasteiger partial charge in [0.25, 0.3) is 0 Å². The molecule has 0 radical (unpaired) electrons. The summed E-state index contributed by atoms with van der Waals surface area (Å²) < 4.78 is 5.57. The molecule has 2 nitrogen and oxygen atoms in total. The van der Waals surface area contributed by atoms with Crippen LogP contribution in [-0.4, -0.2) is 12.9 Å². The van der Waals surface area contributed by atoms with E-state index in [2.05, 4.69) is 33.5 Å². The molecule has 0 aliphatic heterocycles. The standard InChI is InChI=1S/C16H17O2P/c17-11-3-4-12-18-14-9-7-13(8-10-14)15-5-1-2-6-16(15)19/h1-2,5-11H,3-4,12,19H2. The Balaban J connectivity index is 2.02. The Morgan fingerprint density at radius 2 is 1.79 bits per heavy atom. The van der Waals surface area contributed by atoms with Crippen molar-refractivity contribution in [1.29, 1.82) is 0 Å². The highest BCUT2D eigenvalue weighted by molar-refractivity contribution is 7.28. The topological polar surface area (TPSA) is 26.3 Å². The van der Waals surface area contributed by atoms with E-state index >= 15 is 0 Å². The van der Waals surface area contributed by atoms with Crippen molar-refractivity contribution in [2.75, 3.05) is 6.61 Å². The SMILES string of the molecule is O=CCCCOc1ccc(-c2ccccc2P)cc1. The Labute approximate surface area is 116 Å². The molecule has 0 fully saturated rings. The summed E-state index contributed by atoms with van der Waals surface area (Å²) in [7, 11) is 2.75. The van der Waals surface area contributed by atoms with Gasteiger partial charge < -0.3 is 9.53 Å². The first kappa shape index (κ1) is 13.8. The molecule has 0 saturated heterocycles. The van der Waals surface area contributed by atoms with Crippen LogP contribution in [-0.2, 0) is 4.79 Å². The highest BCUT2D eigenvalue weighted by atomic mass is 31.0. The van der Waals surface area contributed by atoms with Gasteiger partial charge in [0, 0.05) is 6.42 Å². The average Bonchev–Trinajstić information content (AvgIpc) is 2.45. The first-order chi connectivity index (χ1) is 9.31. The second-order valence-electron chi connectivity index (χ2n) is 4.27. The Morgan fingerprint density at radius 1 is 1.05 bits per heavy atom. The number of ether oxygens (including phenoxy) is 1. The number of hydrogen-bond acceptors (Lipinski definition) is 2. The van der Waals surface area contributed by atoms with Gasteiger partial charge in [0.05, 0.1) is 6.61 Å².